The van der Waals surface area contributed by atoms with Gasteiger partial charge in [0.15, 0.2) is 5.78 Å². The van der Waals surface area contributed by atoms with Gasteiger partial charge in [-0.3, -0.25) is 9.52 Å². The first-order chi connectivity index (χ1) is 15.2. The number of aromatic nitrogens is 2. The van der Waals surface area contributed by atoms with E-state index >= 15 is 0 Å². The molecule has 2 heterocycles. The minimum atomic E-state index is -3.89. The van der Waals surface area contributed by atoms with Crippen molar-refractivity contribution in [1.82, 2.24) is 9.55 Å². The number of anilines is 1. The van der Waals surface area contributed by atoms with E-state index in [4.69, 9.17) is 0 Å². The van der Waals surface area contributed by atoms with E-state index < -0.39 is 10.0 Å². The molecule has 2 aromatic heterocycles. The summed E-state index contributed by atoms with van der Waals surface area (Å²) in [5.74, 6) is -0.469. The molecule has 32 heavy (non-hydrogen) atoms. The number of carbonyl (C=O) groups is 1. The molecular weight excluding hydrogens is 449 g/mol. The Bertz CT molecular complexity index is 1420. The summed E-state index contributed by atoms with van der Waals surface area (Å²) in [4.78, 5) is 16.4. The van der Waals surface area contributed by atoms with E-state index in [1.165, 1.54) is 36.5 Å². The summed E-state index contributed by atoms with van der Waals surface area (Å²) in [5.41, 5.74) is 3.40. The van der Waals surface area contributed by atoms with Crippen molar-refractivity contribution >= 4 is 32.8 Å². The van der Waals surface area contributed by atoms with Crippen LogP contribution in [0.1, 0.15) is 23.0 Å². The number of rotatable bonds is 6. The van der Waals surface area contributed by atoms with E-state index in [0.717, 1.165) is 5.56 Å². The summed E-state index contributed by atoms with van der Waals surface area (Å²) < 4.78 is 43.7. The van der Waals surface area contributed by atoms with Gasteiger partial charge in [-0.2, -0.15) is 0 Å². The molecule has 0 atom stereocenters. The smallest absolute Gasteiger partial charge is 0.263 e. The van der Waals surface area contributed by atoms with E-state index in [1.807, 2.05) is 5.38 Å². The Balaban J connectivity index is 1.67. The van der Waals surface area contributed by atoms with Crippen LogP contribution < -0.4 is 4.72 Å². The monoisotopic (exact) mass is 469 g/mol. The lowest BCUT2D eigenvalue weighted by Gasteiger charge is -2.09. The minimum absolute atomic E-state index is 0.127. The number of benzene rings is 2. The van der Waals surface area contributed by atoms with Crippen LogP contribution in [0.25, 0.3) is 22.0 Å². The average Bonchev–Trinajstić information content (AvgIpc) is 3.34. The second-order valence-electron chi connectivity index (χ2n) is 7.33. The van der Waals surface area contributed by atoms with Gasteiger partial charge in [-0.1, -0.05) is 12.1 Å². The molecule has 0 saturated heterocycles. The van der Waals surface area contributed by atoms with Crippen molar-refractivity contribution in [3.8, 4) is 22.0 Å². The van der Waals surface area contributed by atoms with Gasteiger partial charge in [-0.15, -0.1) is 11.3 Å². The molecule has 0 amide bonds. The Morgan fingerprint density at radius 1 is 1.12 bits per heavy atom. The van der Waals surface area contributed by atoms with Crippen molar-refractivity contribution in [1.29, 1.82) is 0 Å². The summed E-state index contributed by atoms with van der Waals surface area (Å²) >= 11 is 1.38. The van der Waals surface area contributed by atoms with Gasteiger partial charge in [0, 0.05) is 34.9 Å². The van der Waals surface area contributed by atoms with Gasteiger partial charge in [-0.05, 0) is 56.3 Å². The van der Waals surface area contributed by atoms with Crippen LogP contribution in [-0.4, -0.2) is 23.8 Å². The summed E-state index contributed by atoms with van der Waals surface area (Å²) in [6.45, 7) is 3.15. The highest BCUT2D eigenvalue weighted by Gasteiger charge is 2.24. The number of hydrogen-bond donors (Lipinski definition) is 1. The highest BCUT2D eigenvalue weighted by atomic mass is 32.2. The van der Waals surface area contributed by atoms with Crippen LogP contribution in [0.15, 0.2) is 64.9 Å². The molecular formula is C23H20FN3O3S2. The van der Waals surface area contributed by atoms with Crippen LogP contribution in [-0.2, 0) is 17.1 Å². The molecule has 0 radical (unpaired) electrons. The lowest BCUT2D eigenvalue weighted by molar-refractivity contribution is 0.101. The first-order valence-electron chi connectivity index (χ1n) is 9.67. The van der Waals surface area contributed by atoms with E-state index in [1.54, 1.807) is 54.9 Å². The van der Waals surface area contributed by atoms with Gasteiger partial charge in [-0.25, -0.2) is 17.8 Å². The van der Waals surface area contributed by atoms with Crippen LogP contribution in [0.3, 0.4) is 0 Å². The molecule has 0 saturated carbocycles. The molecule has 0 bridgehead atoms. The van der Waals surface area contributed by atoms with Crippen molar-refractivity contribution in [3.05, 3.63) is 77.1 Å². The molecule has 164 valence electrons. The van der Waals surface area contributed by atoms with Crippen LogP contribution in [0.4, 0.5) is 10.1 Å². The molecule has 0 fully saturated rings. The third-order valence-corrected chi connectivity index (χ3v) is 7.52. The molecule has 2 aromatic carbocycles. The number of ketones is 1. The zero-order chi connectivity index (χ0) is 23.0. The van der Waals surface area contributed by atoms with Gasteiger partial charge in [0.05, 0.1) is 11.4 Å². The van der Waals surface area contributed by atoms with Crippen molar-refractivity contribution in [3.63, 3.8) is 0 Å². The molecule has 6 nitrogen and oxygen atoms in total. The maximum Gasteiger partial charge on any atom is 0.263 e. The number of carbonyl (C=O) groups excluding carboxylic acids is 1. The predicted octanol–water partition coefficient (Wildman–Crippen LogP) is 5.27. The number of thiazole rings is 1. The van der Waals surface area contributed by atoms with Gasteiger partial charge < -0.3 is 4.57 Å². The Kier molecular flexibility index (Phi) is 5.70. The number of Topliss-reactive ketones (excluding diaryl/α,β-unsaturated/α-hetero) is 1. The molecule has 1 N–H and O–H groups in total. The molecule has 0 unspecified atom stereocenters. The molecule has 4 aromatic rings. The van der Waals surface area contributed by atoms with Crippen LogP contribution >= 0.6 is 11.3 Å². The minimum Gasteiger partial charge on any atom is -0.345 e. The quantitative estimate of drug-likeness (QED) is 0.390. The van der Waals surface area contributed by atoms with Crippen LogP contribution in [0.5, 0.6) is 0 Å². The Morgan fingerprint density at radius 3 is 2.53 bits per heavy atom. The molecule has 9 heteroatoms. The van der Waals surface area contributed by atoms with Crippen LogP contribution in [0.2, 0.25) is 0 Å². The summed E-state index contributed by atoms with van der Waals surface area (Å²) in [6.07, 6.45) is 0. The fourth-order valence-corrected chi connectivity index (χ4v) is 5.52. The highest BCUT2D eigenvalue weighted by molar-refractivity contribution is 7.92. The molecule has 4 rings (SSSR count). The number of nitrogens with zero attached hydrogens (tertiary/aromatic N) is 2. The van der Waals surface area contributed by atoms with Crippen LogP contribution in [0, 0.1) is 12.7 Å². The fourth-order valence-electron chi connectivity index (χ4n) is 3.31. The molecule has 0 aliphatic carbocycles. The summed E-state index contributed by atoms with van der Waals surface area (Å²) in [6, 6.07) is 14.0. The maximum absolute atomic E-state index is 13.2. The van der Waals surface area contributed by atoms with E-state index in [0.29, 0.717) is 33.3 Å². The zero-order valence-electron chi connectivity index (χ0n) is 17.6. The van der Waals surface area contributed by atoms with Crippen molar-refractivity contribution in [2.24, 2.45) is 7.05 Å². The fraction of sp³-hybridized carbons (Fsp3) is 0.130. The summed E-state index contributed by atoms with van der Waals surface area (Å²) in [5, 5.41) is 2.50. The third-order valence-electron chi connectivity index (χ3n) is 5.16. The maximum atomic E-state index is 13.2. The van der Waals surface area contributed by atoms with Gasteiger partial charge in [0.1, 0.15) is 15.7 Å². The van der Waals surface area contributed by atoms with Crippen molar-refractivity contribution < 1.29 is 17.6 Å². The number of hydrogen-bond acceptors (Lipinski definition) is 5. The summed E-state index contributed by atoms with van der Waals surface area (Å²) in [7, 11) is -2.12. The largest absolute Gasteiger partial charge is 0.345 e. The topological polar surface area (TPSA) is 81.1 Å². The normalized spacial score (nSPS) is 11.5. The molecule has 0 aliphatic heterocycles. The van der Waals surface area contributed by atoms with Crippen molar-refractivity contribution in [2.45, 2.75) is 18.7 Å². The Hall–Kier alpha value is -3.30. The first kappa shape index (κ1) is 21.9. The number of halogens is 1. The Labute approximate surface area is 189 Å². The standard InChI is InChI=1S/C23H20FN3O3S2/c1-14-22(32(29,30)26-19-6-4-5-17(11-19)15(2)28)12-21(27(14)3)23-25-20(13-31-23)16-7-9-18(24)10-8-16/h4-13,26H,1-3H3. The molecule has 0 aliphatic rings. The number of sulfonamides is 1. The second kappa shape index (κ2) is 8.33. The van der Waals surface area contributed by atoms with E-state index in [9.17, 15) is 17.6 Å². The lowest BCUT2D eigenvalue weighted by atomic mass is 10.1. The van der Waals surface area contributed by atoms with E-state index in [-0.39, 0.29) is 16.5 Å². The van der Waals surface area contributed by atoms with Gasteiger partial charge >= 0.3 is 0 Å². The average molecular weight is 470 g/mol. The first-order valence-corrected chi connectivity index (χ1v) is 12.0. The zero-order valence-corrected chi connectivity index (χ0v) is 19.2. The van der Waals surface area contributed by atoms with Gasteiger partial charge in [0.2, 0.25) is 0 Å². The highest BCUT2D eigenvalue weighted by Crippen LogP contribution is 2.33. The lowest BCUT2D eigenvalue weighted by Crippen LogP contribution is -2.14. The number of nitrogens with one attached hydrogen (secondary N) is 1. The Morgan fingerprint density at radius 2 is 1.84 bits per heavy atom. The van der Waals surface area contributed by atoms with Crippen molar-refractivity contribution in [2.75, 3.05) is 4.72 Å². The molecule has 0 spiro atoms. The SMILES string of the molecule is CC(=O)c1cccc(NS(=O)(=O)c2cc(-c3nc(-c4ccc(F)cc4)cs3)n(C)c2C)c1. The van der Waals surface area contributed by atoms with Gasteiger partial charge in [0.25, 0.3) is 10.0 Å². The van der Waals surface area contributed by atoms with E-state index in [2.05, 4.69) is 9.71 Å². The third kappa shape index (κ3) is 4.21. The predicted molar refractivity (Wildman–Crippen MR) is 124 cm³/mol. The second-order valence-corrected chi connectivity index (χ2v) is 9.83.